The van der Waals surface area contributed by atoms with E-state index in [1.807, 2.05) is 48.5 Å². The minimum Gasteiger partial charge on any atom is -0.445 e. The van der Waals surface area contributed by atoms with E-state index in [4.69, 9.17) is 14.2 Å². The molecule has 4 rings (SSSR count). The summed E-state index contributed by atoms with van der Waals surface area (Å²) in [5.41, 5.74) is 3.36. The van der Waals surface area contributed by atoms with Crippen LogP contribution in [0.3, 0.4) is 0 Å². The summed E-state index contributed by atoms with van der Waals surface area (Å²) < 4.78 is 19.0. The van der Waals surface area contributed by atoms with Gasteiger partial charge in [-0.1, -0.05) is 142 Å². The molecule has 0 saturated carbocycles. The van der Waals surface area contributed by atoms with Crippen molar-refractivity contribution in [1.29, 1.82) is 0 Å². The van der Waals surface area contributed by atoms with Crippen LogP contribution in [0.4, 0.5) is 4.79 Å². The molecule has 1 atom stereocenters. The first-order valence-electron chi connectivity index (χ1n) is 16.2. The number of amides is 1. The van der Waals surface area contributed by atoms with E-state index in [9.17, 15) is 4.79 Å². The topological polar surface area (TPSA) is 60.0 Å². The van der Waals surface area contributed by atoms with Crippen LogP contribution in [0.25, 0.3) is 0 Å². The lowest BCUT2D eigenvalue weighted by atomic mass is 9.80. The lowest BCUT2D eigenvalue weighted by Gasteiger charge is -2.38. The number of ether oxygens (including phenoxy) is 3. The highest BCUT2D eigenvalue weighted by Crippen LogP contribution is 2.40. The molecular formula is C39H48N2O4. The van der Waals surface area contributed by atoms with E-state index in [1.165, 1.54) is 0 Å². The van der Waals surface area contributed by atoms with Gasteiger partial charge in [0.2, 0.25) is 0 Å². The minimum atomic E-state index is -0.810. The van der Waals surface area contributed by atoms with Crippen LogP contribution in [-0.2, 0) is 26.4 Å². The van der Waals surface area contributed by atoms with Crippen molar-refractivity contribution in [2.45, 2.75) is 51.4 Å². The van der Waals surface area contributed by atoms with Crippen LogP contribution in [0, 0.1) is 0 Å². The Morgan fingerprint density at radius 3 is 1.78 bits per heavy atom. The maximum Gasteiger partial charge on any atom is 0.407 e. The number of benzene rings is 4. The molecule has 6 heteroatoms. The molecule has 0 heterocycles. The third-order valence-electron chi connectivity index (χ3n) is 7.79. The van der Waals surface area contributed by atoms with Gasteiger partial charge >= 0.3 is 6.09 Å². The van der Waals surface area contributed by atoms with E-state index in [0.717, 1.165) is 48.1 Å². The summed E-state index contributed by atoms with van der Waals surface area (Å²) in [7, 11) is 0. The Morgan fingerprint density at radius 2 is 1.27 bits per heavy atom. The van der Waals surface area contributed by atoms with Crippen molar-refractivity contribution < 1.29 is 19.0 Å². The molecular weight excluding hydrogens is 560 g/mol. The molecule has 0 aliphatic heterocycles. The van der Waals surface area contributed by atoms with Gasteiger partial charge in [-0.15, -0.1) is 0 Å². The van der Waals surface area contributed by atoms with Gasteiger partial charge in [-0.3, -0.25) is 4.90 Å². The fourth-order valence-corrected chi connectivity index (χ4v) is 5.52. The van der Waals surface area contributed by atoms with Crippen molar-refractivity contribution in [3.05, 3.63) is 144 Å². The lowest BCUT2D eigenvalue weighted by molar-refractivity contribution is -0.0745. The predicted molar refractivity (Wildman–Crippen MR) is 181 cm³/mol. The van der Waals surface area contributed by atoms with Gasteiger partial charge < -0.3 is 19.5 Å². The van der Waals surface area contributed by atoms with Crippen LogP contribution < -0.4 is 5.32 Å². The number of carbonyl (C=O) groups is 1. The molecule has 0 spiro atoms. The van der Waals surface area contributed by atoms with E-state index in [1.54, 1.807) is 0 Å². The molecule has 0 aromatic heterocycles. The van der Waals surface area contributed by atoms with Crippen molar-refractivity contribution >= 4 is 6.09 Å². The first-order valence-corrected chi connectivity index (χ1v) is 16.2. The van der Waals surface area contributed by atoms with E-state index in [0.29, 0.717) is 32.8 Å². The molecule has 4 aromatic carbocycles. The molecule has 238 valence electrons. The van der Waals surface area contributed by atoms with Crippen molar-refractivity contribution in [3.8, 4) is 0 Å². The highest BCUT2D eigenvalue weighted by Gasteiger charge is 2.38. The zero-order valence-electron chi connectivity index (χ0n) is 26.8. The molecule has 0 saturated heterocycles. The van der Waals surface area contributed by atoms with Gasteiger partial charge in [0.15, 0.2) is 0 Å². The Kier molecular flexibility index (Phi) is 14.1. The van der Waals surface area contributed by atoms with E-state index in [-0.39, 0.29) is 12.7 Å². The zero-order valence-corrected chi connectivity index (χ0v) is 26.8. The van der Waals surface area contributed by atoms with Crippen molar-refractivity contribution in [3.63, 3.8) is 0 Å². The van der Waals surface area contributed by atoms with Crippen molar-refractivity contribution in [2.75, 3.05) is 39.4 Å². The minimum absolute atomic E-state index is 0.163. The Morgan fingerprint density at radius 1 is 0.733 bits per heavy atom. The Labute approximate surface area is 269 Å². The van der Waals surface area contributed by atoms with E-state index >= 15 is 0 Å². The number of hydrogen-bond donors (Lipinski definition) is 1. The average molecular weight is 609 g/mol. The molecule has 1 amide bonds. The van der Waals surface area contributed by atoms with Gasteiger partial charge in [0.05, 0.1) is 12.7 Å². The van der Waals surface area contributed by atoms with Gasteiger partial charge in [-0.25, -0.2) is 4.79 Å². The SMILES string of the molecule is CCCCOC(COC(c1ccccc1)(c1ccccc1)c1ccccc1)CN(CCC)CCNC(=O)OCc1ccccc1. The third-order valence-corrected chi connectivity index (χ3v) is 7.79. The monoisotopic (exact) mass is 608 g/mol. The van der Waals surface area contributed by atoms with Crippen molar-refractivity contribution in [2.24, 2.45) is 0 Å². The lowest BCUT2D eigenvalue weighted by Crippen LogP contribution is -2.43. The number of nitrogens with one attached hydrogen (secondary N) is 1. The molecule has 6 nitrogen and oxygen atoms in total. The first-order chi connectivity index (χ1) is 22.2. The standard InChI is InChI=1S/C39H48N2O4/c1-3-5-29-43-37(30-41(27-4-2)28-26-40-38(42)44-31-33-18-10-6-11-19-33)32-45-39(34-20-12-7-13-21-34,35-22-14-8-15-23-35)36-24-16-9-17-25-36/h6-25,37H,3-5,26-32H2,1-2H3,(H,40,42). The zero-order chi connectivity index (χ0) is 31.6. The molecule has 1 unspecified atom stereocenters. The molecule has 0 aliphatic carbocycles. The van der Waals surface area contributed by atoms with Gasteiger partial charge in [-0.2, -0.15) is 0 Å². The molecule has 45 heavy (non-hydrogen) atoms. The van der Waals surface area contributed by atoms with Crippen LogP contribution >= 0.6 is 0 Å². The Balaban J connectivity index is 1.49. The van der Waals surface area contributed by atoms with Crippen LogP contribution in [-0.4, -0.2) is 56.5 Å². The maximum absolute atomic E-state index is 12.4. The van der Waals surface area contributed by atoms with Gasteiger partial charge in [0, 0.05) is 26.2 Å². The van der Waals surface area contributed by atoms with Crippen LogP contribution in [0.5, 0.6) is 0 Å². The Hall–Kier alpha value is -3.97. The smallest absolute Gasteiger partial charge is 0.407 e. The summed E-state index contributed by atoms with van der Waals surface area (Å²) in [6.45, 7) is 8.40. The fourth-order valence-electron chi connectivity index (χ4n) is 5.52. The first kappa shape index (κ1) is 33.9. The quantitative estimate of drug-likeness (QED) is 0.0869. The molecule has 1 N–H and O–H groups in total. The van der Waals surface area contributed by atoms with Gasteiger partial charge in [0.25, 0.3) is 0 Å². The van der Waals surface area contributed by atoms with Crippen LogP contribution in [0.15, 0.2) is 121 Å². The number of carbonyl (C=O) groups excluding carboxylic acids is 1. The molecule has 4 aromatic rings. The molecule has 0 bridgehead atoms. The van der Waals surface area contributed by atoms with E-state index < -0.39 is 11.7 Å². The van der Waals surface area contributed by atoms with Gasteiger partial charge in [0.1, 0.15) is 12.2 Å². The average Bonchev–Trinajstić information content (AvgIpc) is 3.09. The summed E-state index contributed by atoms with van der Waals surface area (Å²) in [5.74, 6) is 0. The molecule has 0 aliphatic rings. The highest BCUT2D eigenvalue weighted by atomic mass is 16.6. The number of alkyl carbamates (subject to hydrolysis) is 1. The normalized spacial score (nSPS) is 12.2. The second-order valence-electron chi connectivity index (χ2n) is 11.2. The van der Waals surface area contributed by atoms with Gasteiger partial charge in [-0.05, 0) is 41.6 Å². The number of unbranched alkanes of at least 4 members (excludes halogenated alkanes) is 1. The number of nitrogens with zero attached hydrogens (tertiary/aromatic N) is 1. The maximum atomic E-state index is 12.4. The third kappa shape index (κ3) is 10.3. The second-order valence-corrected chi connectivity index (χ2v) is 11.2. The molecule has 0 radical (unpaired) electrons. The summed E-state index contributed by atoms with van der Waals surface area (Å²) in [5, 5.41) is 2.91. The second kappa shape index (κ2) is 18.7. The summed E-state index contributed by atoms with van der Waals surface area (Å²) in [6.07, 6.45) is 2.46. The Bertz CT molecular complexity index is 1260. The summed E-state index contributed by atoms with van der Waals surface area (Å²) >= 11 is 0. The molecule has 0 fully saturated rings. The van der Waals surface area contributed by atoms with Crippen LogP contribution in [0.1, 0.15) is 55.4 Å². The van der Waals surface area contributed by atoms with Crippen molar-refractivity contribution in [1.82, 2.24) is 10.2 Å². The number of rotatable bonds is 19. The van der Waals surface area contributed by atoms with Crippen LogP contribution in [0.2, 0.25) is 0 Å². The highest BCUT2D eigenvalue weighted by molar-refractivity contribution is 5.67. The van der Waals surface area contributed by atoms with E-state index in [2.05, 4.69) is 96.9 Å². The largest absolute Gasteiger partial charge is 0.445 e. The fraction of sp³-hybridized carbons (Fsp3) is 0.359. The predicted octanol–water partition coefficient (Wildman–Crippen LogP) is 7.82. The summed E-state index contributed by atoms with van der Waals surface area (Å²) in [4.78, 5) is 14.7. The number of hydrogen-bond acceptors (Lipinski definition) is 5. The summed E-state index contributed by atoms with van der Waals surface area (Å²) in [6, 6.07) is 41.0.